The summed E-state index contributed by atoms with van der Waals surface area (Å²) in [5.41, 5.74) is 7.14. The van der Waals surface area contributed by atoms with Gasteiger partial charge in [-0.3, -0.25) is 4.90 Å². The van der Waals surface area contributed by atoms with Crippen LogP contribution in [0.5, 0.6) is 0 Å². The summed E-state index contributed by atoms with van der Waals surface area (Å²) in [5.74, 6) is 0. The fourth-order valence-corrected chi connectivity index (χ4v) is 5.13. The van der Waals surface area contributed by atoms with Crippen molar-refractivity contribution in [3.05, 3.63) is 64.1 Å². The molecule has 5 rings (SSSR count). The van der Waals surface area contributed by atoms with Crippen molar-refractivity contribution in [3.8, 4) is 0 Å². The molecule has 3 aromatic rings. The van der Waals surface area contributed by atoms with Crippen molar-refractivity contribution in [2.45, 2.75) is 51.2 Å². The Morgan fingerprint density at radius 2 is 2.08 bits per heavy atom. The van der Waals surface area contributed by atoms with Crippen molar-refractivity contribution in [1.82, 2.24) is 14.5 Å². The molecule has 3 nitrogen and oxygen atoms in total. The molecule has 2 aliphatic rings. The first-order valence-electron chi connectivity index (χ1n) is 9.56. The molecule has 0 radical (unpaired) electrons. The van der Waals surface area contributed by atoms with Crippen LogP contribution in [0.2, 0.25) is 5.15 Å². The predicted octanol–water partition coefficient (Wildman–Crippen LogP) is 4.93. The Hall–Kier alpha value is -1.84. The minimum Gasteiger partial charge on any atom is -0.344 e. The van der Waals surface area contributed by atoms with E-state index in [1.807, 2.05) is 12.3 Å². The average Bonchev–Trinajstić information content (AvgIpc) is 3.04. The number of fused-ring (bicyclic) bond motifs is 6. The average molecular weight is 366 g/mol. The van der Waals surface area contributed by atoms with Gasteiger partial charge in [-0.1, -0.05) is 29.3 Å². The molecule has 0 amide bonds. The molecule has 2 aliphatic heterocycles. The first-order chi connectivity index (χ1) is 12.6. The van der Waals surface area contributed by atoms with Gasteiger partial charge in [0.1, 0.15) is 5.15 Å². The van der Waals surface area contributed by atoms with E-state index in [4.69, 9.17) is 11.6 Å². The minimum atomic E-state index is 0.563. The van der Waals surface area contributed by atoms with E-state index in [9.17, 15) is 0 Å². The maximum absolute atomic E-state index is 5.93. The van der Waals surface area contributed by atoms with Gasteiger partial charge in [0.05, 0.1) is 0 Å². The fraction of sp³-hybridized carbons (Fsp3) is 0.409. The summed E-state index contributed by atoms with van der Waals surface area (Å²) in [6.45, 7) is 3.20. The lowest BCUT2D eigenvalue weighted by atomic mass is 9.97. The molecule has 0 N–H and O–H groups in total. The van der Waals surface area contributed by atoms with Crippen LogP contribution < -0.4 is 0 Å². The number of halogens is 1. The van der Waals surface area contributed by atoms with Crippen molar-refractivity contribution in [2.24, 2.45) is 0 Å². The van der Waals surface area contributed by atoms with Crippen LogP contribution in [-0.2, 0) is 19.4 Å². The Kier molecular flexibility index (Phi) is 3.84. The summed E-state index contributed by atoms with van der Waals surface area (Å²) in [7, 11) is 2.31. The van der Waals surface area contributed by atoms with E-state index >= 15 is 0 Å². The molecule has 1 saturated heterocycles. The van der Waals surface area contributed by atoms with Crippen LogP contribution in [0, 0.1) is 6.92 Å². The van der Waals surface area contributed by atoms with Crippen LogP contribution in [0.4, 0.5) is 0 Å². The molecule has 2 bridgehead atoms. The van der Waals surface area contributed by atoms with E-state index in [1.165, 1.54) is 41.3 Å². The lowest BCUT2D eigenvalue weighted by Crippen LogP contribution is -2.34. The second-order valence-electron chi connectivity index (χ2n) is 7.89. The lowest BCUT2D eigenvalue weighted by Gasteiger charge is -2.32. The third-order valence-electron chi connectivity index (χ3n) is 6.39. The first-order valence-corrected chi connectivity index (χ1v) is 9.93. The number of likely N-dealkylation sites (N-methyl/N-ethyl adjacent to an activating group) is 1. The van der Waals surface area contributed by atoms with E-state index < -0.39 is 0 Å². The summed E-state index contributed by atoms with van der Waals surface area (Å²) in [6.07, 6.45) is 6.68. The van der Waals surface area contributed by atoms with Crippen LogP contribution in [0.25, 0.3) is 10.9 Å². The van der Waals surface area contributed by atoms with E-state index in [0.717, 1.165) is 13.0 Å². The molecule has 0 saturated carbocycles. The highest BCUT2D eigenvalue weighted by molar-refractivity contribution is 6.29. The number of rotatable bonds is 3. The van der Waals surface area contributed by atoms with E-state index in [0.29, 0.717) is 17.2 Å². The Labute approximate surface area is 159 Å². The standard InChI is InChI=1S/C22H24ClN3/c1-14-3-6-18-17(11-14)22-19-7-5-16(25(19)2)12-20(22)26(18)10-9-15-4-8-21(23)24-13-15/h3-4,6,8,11,13,16,19H,5,7,9-10,12H2,1-2H3/t16-,19+/m1/s1. The number of aryl methyl sites for hydroxylation is 3. The number of hydrogen-bond acceptors (Lipinski definition) is 2. The van der Waals surface area contributed by atoms with Crippen LogP contribution in [0.1, 0.15) is 41.3 Å². The highest BCUT2D eigenvalue weighted by Crippen LogP contribution is 2.46. The highest BCUT2D eigenvalue weighted by Gasteiger charge is 2.40. The second kappa shape index (κ2) is 6.11. The Bertz CT molecular complexity index is 973. The topological polar surface area (TPSA) is 21.1 Å². The largest absolute Gasteiger partial charge is 0.344 e. The van der Waals surface area contributed by atoms with Gasteiger partial charge in [0.25, 0.3) is 0 Å². The van der Waals surface area contributed by atoms with Crippen LogP contribution in [0.15, 0.2) is 36.5 Å². The van der Waals surface area contributed by atoms with Crippen molar-refractivity contribution >= 4 is 22.5 Å². The van der Waals surface area contributed by atoms with Gasteiger partial charge in [0.15, 0.2) is 0 Å². The van der Waals surface area contributed by atoms with E-state index in [-0.39, 0.29) is 0 Å². The molecule has 26 heavy (non-hydrogen) atoms. The smallest absolute Gasteiger partial charge is 0.129 e. The van der Waals surface area contributed by atoms with Crippen LogP contribution >= 0.6 is 11.6 Å². The van der Waals surface area contributed by atoms with Gasteiger partial charge < -0.3 is 4.57 Å². The zero-order chi connectivity index (χ0) is 17.8. The number of pyridine rings is 1. The van der Waals surface area contributed by atoms with E-state index in [2.05, 4.69) is 52.7 Å². The molecule has 134 valence electrons. The van der Waals surface area contributed by atoms with Gasteiger partial charge >= 0.3 is 0 Å². The fourth-order valence-electron chi connectivity index (χ4n) is 5.02. The predicted molar refractivity (Wildman–Crippen MR) is 107 cm³/mol. The Morgan fingerprint density at radius 3 is 2.88 bits per heavy atom. The summed E-state index contributed by atoms with van der Waals surface area (Å²) in [4.78, 5) is 6.84. The Balaban J connectivity index is 1.59. The van der Waals surface area contributed by atoms with Crippen molar-refractivity contribution in [3.63, 3.8) is 0 Å². The molecular formula is C22H24ClN3. The number of benzene rings is 1. The van der Waals surface area contributed by atoms with Crippen molar-refractivity contribution < 1.29 is 0 Å². The molecule has 2 atom stereocenters. The molecule has 0 aliphatic carbocycles. The molecule has 1 aromatic carbocycles. The van der Waals surface area contributed by atoms with Gasteiger partial charge in [0.2, 0.25) is 0 Å². The molecule has 0 spiro atoms. The lowest BCUT2D eigenvalue weighted by molar-refractivity contribution is 0.222. The maximum atomic E-state index is 5.93. The van der Waals surface area contributed by atoms with Gasteiger partial charge in [-0.2, -0.15) is 0 Å². The summed E-state index contributed by atoms with van der Waals surface area (Å²) < 4.78 is 2.58. The zero-order valence-corrected chi connectivity index (χ0v) is 16.1. The van der Waals surface area contributed by atoms with Gasteiger partial charge in [-0.05, 0) is 62.6 Å². The third-order valence-corrected chi connectivity index (χ3v) is 6.61. The summed E-state index contributed by atoms with van der Waals surface area (Å²) in [6, 6.07) is 12.2. The van der Waals surface area contributed by atoms with Gasteiger partial charge in [-0.15, -0.1) is 0 Å². The first kappa shape index (κ1) is 16.3. The molecule has 2 aromatic heterocycles. The van der Waals surface area contributed by atoms with Crippen LogP contribution in [-0.4, -0.2) is 27.5 Å². The summed E-state index contributed by atoms with van der Waals surface area (Å²) >= 11 is 5.93. The molecule has 4 heteroatoms. The molecule has 1 fully saturated rings. The van der Waals surface area contributed by atoms with Crippen molar-refractivity contribution in [2.75, 3.05) is 7.05 Å². The quantitative estimate of drug-likeness (QED) is 0.613. The van der Waals surface area contributed by atoms with Gasteiger partial charge in [-0.25, -0.2) is 4.98 Å². The van der Waals surface area contributed by atoms with E-state index in [1.54, 1.807) is 11.3 Å². The molecular weight excluding hydrogens is 342 g/mol. The SMILES string of the molecule is Cc1ccc2c(c1)c1c(n2CCc2ccc(Cl)nc2)C[C@H]2CC[C@@H]1N2C. The number of nitrogens with zero attached hydrogens (tertiary/aromatic N) is 3. The highest BCUT2D eigenvalue weighted by atomic mass is 35.5. The zero-order valence-electron chi connectivity index (χ0n) is 15.4. The Morgan fingerprint density at radius 1 is 1.19 bits per heavy atom. The maximum Gasteiger partial charge on any atom is 0.129 e. The van der Waals surface area contributed by atoms with Crippen LogP contribution in [0.3, 0.4) is 0 Å². The normalized spacial score (nSPS) is 22.1. The minimum absolute atomic E-state index is 0.563. The number of aromatic nitrogens is 2. The molecule has 4 heterocycles. The third kappa shape index (κ3) is 2.49. The molecule has 0 unspecified atom stereocenters. The van der Waals surface area contributed by atoms with Gasteiger partial charge in [0, 0.05) is 47.8 Å². The summed E-state index contributed by atoms with van der Waals surface area (Å²) in [5, 5.41) is 2.03. The van der Waals surface area contributed by atoms with Crippen molar-refractivity contribution in [1.29, 1.82) is 0 Å². The monoisotopic (exact) mass is 365 g/mol. The second-order valence-corrected chi connectivity index (χ2v) is 8.28. The number of hydrogen-bond donors (Lipinski definition) is 0.